The Morgan fingerprint density at radius 1 is 1.28 bits per heavy atom. The van der Waals surface area contributed by atoms with Crippen LogP contribution in [0, 0.1) is 11.3 Å². The molecule has 2 aromatic heterocycles. The van der Waals surface area contributed by atoms with E-state index in [1.165, 1.54) is 18.5 Å². The van der Waals surface area contributed by atoms with Crippen molar-refractivity contribution in [1.29, 1.82) is 5.26 Å². The Balaban J connectivity index is 2.07. The van der Waals surface area contributed by atoms with Crippen molar-refractivity contribution < 1.29 is 4.79 Å². The molecule has 5 nitrogen and oxygen atoms in total. The van der Waals surface area contributed by atoms with Crippen molar-refractivity contribution in [3.8, 4) is 6.07 Å². The molecule has 0 aromatic carbocycles. The van der Waals surface area contributed by atoms with Crippen molar-refractivity contribution in [3.63, 3.8) is 0 Å². The van der Waals surface area contributed by atoms with Gasteiger partial charge in [-0.3, -0.25) is 14.8 Å². The lowest BCUT2D eigenvalue weighted by Crippen LogP contribution is -2.23. The average molecular weight is 238 g/mol. The van der Waals surface area contributed by atoms with Crippen molar-refractivity contribution in [2.24, 2.45) is 0 Å². The standard InChI is InChI=1S/C13H10N4O/c14-6-11-3-5-16-9-12(11)13(18)17-8-10-2-1-4-15-7-10/h1-5,7,9H,8H2,(H,17,18). The van der Waals surface area contributed by atoms with Gasteiger partial charge in [0.2, 0.25) is 0 Å². The van der Waals surface area contributed by atoms with Crippen LogP contribution in [0.4, 0.5) is 0 Å². The van der Waals surface area contributed by atoms with E-state index in [-0.39, 0.29) is 11.5 Å². The molecule has 0 atom stereocenters. The minimum Gasteiger partial charge on any atom is -0.348 e. The second-order valence-corrected chi connectivity index (χ2v) is 3.58. The third-order valence-corrected chi connectivity index (χ3v) is 2.36. The molecule has 0 bridgehead atoms. The van der Waals surface area contributed by atoms with Crippen molar-refractivity contribution in [2.45, 2.75) is 6.54 Å². The number of carbonyl (C=O) groups is 1. The SMILES string of the molecule is N#Cc1ccncc1C(=O)NCc1cccnc1. The van der Waals surface area contributed by atoms with E-state index in [1.54, 1.807) is 18.5 Å². The summed E-state index contributed by atoms with van der Waals surface area (Å²) in [6.07, 6.45) is 6.21. The highest BCUT2D eigenvalue weighted by Crippen LogP contribution is 2.05. The van der Waals surface area contributed by atoms with Crippen molar-refractivity contribution in [1.82, 2.24) is 15.3 Å². The maximum atomic E-state index is 11.9. The van der Waals surface area contributed by atoms with E-state index in [1.807, 2.05) is 12.1 Å². The number of hydrogen-bond donors (Lipinski definition) is 1. The number of pyridine rings is 2. The number of nitrogens with zero attached hydrogens (tertiary/aromatic N) is 3. The Morgan fingerprint density at radius 2 is 2.11 bits per heavy atom. The molecule has 0 saturated carbocycles. The summed E-state index contributed by atoms with van der Waals surface area (Å²) < 4.78 is 0. The van der Waals surface area contributed by atoms with Crippen molar-refractivity contribution >= 4 is 5.91 Å². The van der Waals surface area contributed by atoms with Crippen LogP contribution >= 0.6 is 0 Å². The maximum Gasteiger partial charge on any atom is 0.254 e. The number of carbonyl (C=O) groups excluding carboxylic acids is 1. The van der Waals surface area contributed by atoms with Gasteiger partial charge in [-0.05, 0) is 17.7 Å². The van der Waals surface area contributed by atoms with Gasteiger partial charge in [-0.15, -0.1) is 0 Å². The number of amides is 1. The zero-order chi connectivity index (χ0) is 12.8. The van der Waals surface area contributed by atoms with Gasteiger partial charge in [0.1, 0.15) is 6.07 Å². The molecule has 5 heteroatoms. The fraction of sp³-hybridized carbons (Fsp3) is 0.0769. The molecule has 2 aromatic rings. The molecule has 2 rings (SSSR count). The van der Waals surface area contributed by atoms with Gasteiger partial charge >= 0.3 is 0 Å². The first kappa shape index (κ1) is 11.7. The van der Waals surface area contributed by atoms with Gasteiger partial charge < -0.3 is 5.32 Å². The minimum atomic E-state index is -0.316. The van der Waals surface area contributed by atoms with E-state index in [0.717, 1.165) is 5.56 Å². The van der Waals surface area contributed by atoms with Gasteiger partial charge in [0.25, 0.3) is 5.91 Å². The Bertz CT molecular complexity index is 589. The van der Waals surface area contributed by atoms with Gasteiger partial charge in [-0.1, -0.05) is 6.07 Å². The fourth-order valence-corrected chi connectivity index (χ4v) is 1.45. The van der Waals surface area contributed by atoms with Gasteiger partial charge in [0, 0.05) is 31.3 Å². The zero-order valence-corrected chi connectivity index (χ0v) is 9.50. The normalized spacial score (nSPS) is 9.50. The quantitative estimate of drug-likeness (QED) is 0.873. The summed E-state index contributed by atoms with van der Waals surface area (Å²) in [5.74, 6) is -0.316. The smallest absolute Gasteiger partial charge is 0.254 e. The van der Waals surface area contributed by atoms with Crippen LogP contribution in [-0.4, -0.2) is 15.9 Å². The lowest BCUT2D eigenvalue weighted by atomic mass is 10.1. The monoisotopic (exact) mass is 238 g/mol. The molecular formula is C13H10N4O. The molecular weight excluding hydrogens is 228 g/mol. The number of nitrogens with one attached hydrogen (secondary N) is 1. The summed E-state index contributed by atoms with van der Waals surface area (Å²) in [5, 5.41) is 11.6. The van der Waals surface area contributed by atoms with E-state index < -0.39 is 0 Å². The average Bonchev–Trinajstić information content (AvgIpc) is 2.45. The van der Waals surface area contributed by atoms with E-state index in [2.05, 4.69) is 15.3 Å². The number of aromatic nitrogens is 2. The van der Waals surface area contributed by atoms with Crippen LogP contribution < -0.4 is 5.32 Å². The number of rotatable bonds is 3. The van der Waals surface area contributed by atoms with E-state index in [0.29, 0.717) is 12.1 Å². The second-order valence-electron chi connectivity index (χ2n) is 3.58. The Labute approximate surface area is 104 Å². The Kier molecular flexibility index (Phi) is 3.62. The summed E-state index contributed by atoms with van der Waals surface area (Å²) in [6.45, 7) is 0.367. The second kappa shape index (κ2) is 5.55. The molecule has 0 unspecified atom stereocenters. The zero-order valence-electron chi connectivity index (χ0n) is 9.50. The first-order valence-electron chi connectivity index (χ1n) is 5.32. The lowest BCUT2D eigenvalue weighted by molar-refractivity contribution is 0.0950. The van der Waals surface area contributed by atoms with Crippen LogP contribution in [0.5, 0.6) is 0 Å². The molecule has 0 radical (unpaired) electrons. The summed E-state index contributed by atoms with van der Waals surface area (Å²) in [4.78, 5) is 19.7. The van der Waals surface area contributed by atoms with Crippen LogP contribution in [0.15, 0.2) is 43.0 Å². The molecule has 0 spiro atoms. The van der Waals surface area contributed by atoms with Gasteiger partial charge in [0.15, 0.2) is 0 Å². The maximum absolute atomic E-state index is 11.9. The molecule has 0 aliphatic heterocycles. The largest absolute Gasteiger partial charge is 0.348 e. The molecule has 0 aliphatic carbocycles. The highest BCUT2D eigenvalue weighted by atomic mass is 16.1. The highest BCUT2D eigenvalue weighted by molar-refractivity contribution is 5.96. The molecule has 0 saturated heterocycles. The lowest BCUT2D eigenvalue weighted by Gasteiger charge is -2.05. The Hall–Kier alpha value is -2.74. The third kappa shape index (κ3) is 2.68. The first-order valence-corrected chi connectivity index (χ1v) is 5.32. The highest BCUT2D eigenvalue weighted by Gasteiger charge is 2.10. The molecule has 88 valence electrons. The van der Waals surface area contributed by atoms with Crippen LogP contribution in [0.25, 0.3) is 0 Å². The van der Waals surface area contributed by atoms with Crippen LogP contribution in [0.1, 0.15) is 21.5 Å². The minimum absolute atomic E-state index is 0.281. The summed E-state index contributed by atoms with van der Waals surface area (Å²) in [6, 6.07) is 7.14. The van der Waals surface area contributed by atoms with Crippen molar-refractivity contribution in [2.75, 3.05) is 0 Å². The molecule has 1 N–H and O–H groups in total. The van der Waals surface area contributed by atoms with Gasteiger partial charge in [-0.25, -0.2) is 0 Å². The Morgan fingerprint density at radius 3 is 2.83 bits per heavy atom. The fourth-order valence-electron chi connectivity index (χ4n) is 1.45. The van der Waals surface area contributed by atoms with Crippen molar-refractivity contribution in [3.05, 3.63) is 59.7 Å². The summed E-state index contributed by atoms with van der Waals surface area (Å²) in [7, 11) is 0. The van der Waals surface area contributed by atoms with E-state index in [4.69, 9.17) is 5.26 Å². The van der Waals surface area contributed by atoms with E-state index in [9.17, 15) is 4.79 Å². The van der Waals surface area contributed by atoms with E-state index >= 15 is 0 Å². The number of hydrogen-bond acceptors (Lipinski definition) is 4. The third-order valence-electron chi connectivity index (χ3n) is 2.36. The molecule has 2 heterocycles. The van der Waals surface area contributed by atoms with Gasteiger partial charge in [-0.2, -0.15) is 5.26 Å². The predicted molar refractivity (Wildman–Crippen MR) is 64.4 cm³/mol. The molecule has 1 amide bonds. The summed E-state index contributed by atoms with van der Waals surface area (Å²) in [5.41, 5.74) is 1.49. The molecule has 0 aliphatic rings. The van der Waals surface area contributed by atoms with Crippen LogP contribution in [0.3, 0.4) is 0 Å². The van der Waals surface area contributed by atoms with Gasteiger partial charge in [0.05, 0.1) is 11.1 Å². The van der Waals surface area contributed by atoms with Crippen LogP contribution in [-0.2, 0) is 6.54 Å². The van der Waals surface area contributed by atoms with Crippen LogP contribution in [0.2, 0.25) is 0 Å². The number of nitriles is 1. The summed E-state index contributed by atoms with van der Waals surface area (Å²) >= 11 is 0. The first-order chi connectivity index (χ1) is 8.81. The molecule has 0 fully saturated rings. The predicted octanol–water partition coefficient (Wildman–Crippen LogP) is 1.28. The topological polar surface area (TPSA) is 78.7 Å². The molecule has 18 heavy (non-hydrogen) atoms.